The fourth-order valence-electron chi connectivity index (χ4n) is 3.63. The summed E-state index contributed by atoms with van der Waals surface area (Å²) >= 11 is 7.70. The van der Waals surface area contributed by atoms with Crippen molar-refractivity contribution in [3.05, 3.63) is 101 Å². The minimum absolute atomic E-state index is 0.0316. The number of halogens is 1. The molecule has 0 aliphatic carbocycles. The zero-order valence-electron chi connectivity index (χ0n) is 19.8. The van der Waals surface area contributed by atoms with E-state index in [1.807, 2.05) is 93.6 Å². The van der Waals surface area contributed by atoms with E-state index in [2.05, 4.69) is 5.32 Å². The summed E-state index contributed by atoms with van der Waals surface area (Å²) in [7, 11) is 0. The molecular formula is C28H31ClN2O2S. The third kappa shape index (κ3) is 7.93. The molecule has 178 valence electrons. The van der Waals surface area contributed by atoms with Gasteiger partial charge in [0.15, 0.2) is 0 Å². The van der Waals surface area contributed by atoms with Crippen molar-refractivity contribution >= 4 is 35.2 Å². The molecule has 4 nitrogen and oxygen atoms in total. The van der Waals surface area contributed by atoms with Crippen molar-refractivity contribution in [2.75, 3.05) is 5.75 Å². The van der Waals surface area contributed by atoms with Crippen molar-refractivity contribution in [2.24, 2.45) is 0 Å². The molecule has 3 aromatic rings. The molecule has 0 bridgehead atoms. The van der Waals surface area contributed by atoms with Crippen LogP contribution in [0.2, 0.25) is 5.02 Å². The van der Waals surface area contributed by atoms with Gasteiger partial charge in [-0.05, 0) is 56.2 Å². The Kier molecular flexibility index (Phi) is 9.61. The number of aryl methyl sites for hydroxylation is 1. The predicted molar refractivity (Wildman–Crippen MR) is 141 cm³/mol. The van der Waals surface area contributed by atoms with E-state index >= 15 is 0 Å². The van der Waals surface area contributed by atoms with Crippen LogP contribution in [0.15, 0.2) is 83.8 Å². The van der Waals surface area contributed by atoms with Gasteiger partial charge >= 0.3 is 0 Å². The largest absolute Gasteiger partial charge is 0.352 e. The van der Waals surface area contributed by atoms with Gasteiger partial charge in [-0.3, -0.25) is 9.59 Å². The van der Waals surface area contributed by atoms with Gasteiger partial charge in [-0.15, -0.1) is 11.8 Å². The standard InChI is InChI=1S/C28H31ClN2O2S/c1-20(2)30-28(33)26(17-22-8-5-4-6-9-22)31(18-23-10-7-11-24(29)16-23)27(32)19-34-25-14-12-21(3)13-15-25/h4-16,20,26H,17-19H2,1-3H3,(H,30,33)/t26-/m0/s1. The smallest absolute Gasteiger partial charge is 0.243 e. The Morgan fingerprint density at radius 3 is 2.26 bits per heavy atom. The molecule has 0 unspecified atom stereocenters. The van der Waals surface area contributed by atoms with Gasteiger partial charge in [-0.25, -0.2) is 0 Å². The van der Waals surface area contributed by atoms with Gasteiger partial charge in [0.05, 0.1) is 5.75 Å². The molecule has 0 aromatic heterocycles. The second kappa shape index (κ2) is 12.6. The van der Waals surface area contributed by atoms with Crippen LogP contribution in [0, 0.1) is 6.92 Å². The first-order valence-corrected chi connectivity index (χ1v) is 12.8. The van der Waals surface area contributed by atoms with E-state index < -0.39 is 6.04 Å². The molecule has 0 saturated carbocycles. The number of rotatable bonds is 10. The highest BCUT2D eigenvalue weighted by Gasteiger charge is 2.30. The van der Waals surface area contributed by atoms with E-state index in [4.69, 9.17) is 11.6 Å². The summed E-state index contributed by atoms with van der Waals surface area (Å²) in [5, 5.41) is 3.61. The normalized spacial score (nSPS) is 11.8. The molecule has 0 radical (unpaired) electrons. The van der Waals surface area contributed by atoms with Crippen molar-refractivity contribution < 1.29 is 9.59 Å². The SMILES string of the molecule is Cc1ccc(SCC(=O)N(Cc2cccc(Cl)c2)[C@@H](Cc2ccccc2)C(=O)NC(C)C)cc1. The van der Waals surface area contributed by atoms with Gasteiger partial charge < -0.3 is 10.2 Å². The van der Waals surface area contributed by atoms with E-state index in [-0.39, 0.29) is 23.6 Å². The number of carbonyl (C=O) groups excluding carboxylic acids is 2. The lowest BCUT2D eigenvalue weighted by atomic mass is 10.0. The Bertz CT molecular complexity index is 1090. The third-order valence-electron chi connectivity index (χ3n) is 5.33. The zero-order valence-corrected chi connectivity index (χ0v) is 21.4. The fraction of sp³-hybridized carbons (Fsp3) is 0.286. The molecule has 0 fully saturated rings. The van der Waals surface area contributed by atoms with E-state index in [1.165, 1.54) is 17.3 Å². The van der Waals surface area contributed by atoms with Crippen LogP contribution in [-0.2, 0) is 22.6 Å². The maximum Gasteiger partial charge on any atom is 0.243 e. The number of nitrogens with zero attached hydrogens (tertiary/aromatic N) is 1. The lowest BCUT2D eigenvalue weighted by Gasteiger charge is -2.32. The molecule has 3 aromatic carbocycles. The van der Waals surface area contributed by atoms with Crippen LogP contribution in [0.5, 0.6) is 0 Å². The topological polar surface area (TPSA) is 49.4 Å². The summed E-state index contributed by atoms with van der Waals surface area (Å²) in [5.74, 6) is -0.0101. The fourth-order valence-corrected chi connectivity index (χ4v) is 4.63. The molecule has 0 spiro atoms. The van der Waals surface area contributed by atoms with Crippen molar-refractivity contribution in [1.29, 1.82) is 0 Å². The summed E-state index contributed by atoms with van der Waals surface area (Å²) in [5.41, 5.74) is 3.06. The number of amides is 2. The first-order valence-electron chi connectivity index (χ1n) is 11.4. The Morgan fingerprint density at radius 2 is 1.62 bits per heavy atom. The molecule has 0 aliphatic rings. The van der Waals surface area contributed by atoms with Crippen LogP contribution in [0.25, 0.3) is 0 Å². The Hall–Kier alpha value is -2.76. The van der Waals surface area contributed by atoms with E-state index in [9.17, 15) is 9.59 Å². The monoisotopic (exact) mass is 494 g/mol. The molecule has 0 saturated heterocycles. The highest BCUT2D eigenvalue weighted by Crippen LogP contribution is 2.22. The number of benzene rings is 3. The molecular weight excluding hydrogens is 464 g/mol. The summed E-state index contributed by atoms with van der Waals surface area (Å²) < 4.78 is 0. The molecule has 3 rings (SSSR count). The van der Waals surface area contributed by atoms with Crippen LogP contribution >= 0.6 is 23.4 Å². The second-order valence-corrected chi connectivity index (χ2v) is 10.1. The van der Waals surface area contributed by atoms with Crippen molar-refractivity contribution in [2.45, 2.75) is 50.7 Å². The minimum atomic E-state index is -0.644. The van der Waals surface area contributed by atoms with Crippen molar-refractivity contribution in [1.82, 2.24) is 10.2 Å². The Balaban J connectivity index is 1.90. The number of thioether (sulfide) groups is 1. The number of carbonyl (C=O) groups is 2. The molecule has 2 amide bonds. The van der Waals surface area contributed by atoms with Gasteiger partial charge in [0, 0.05) is 28.9 Å². The van der Waals surface area contributed by atoms with Crippen LogP contribution in [0.1, 0.15) is 30.5 Å². The zero-order chi connectivity index (χ0) is 24.5. The molecule has 1 atom stereocenters. The minimum Gasteiger partial charge on any atom is -0.352 e. The maximum absolute atomic E-state index is 13.6. The van der Waals surface area contributed by atoms with Crippen LogP contribution in [0.4, 0.5) is 0 Å². The van der Waals surface area contributed by atoms with Gasteiger partial charge in [-0.2, -0.15) is 0 Å². The number of nitrogens with one attached hydrogen (secondary N) is 1. The van der Waals surface area contributed by atoms with Gasteiger partial charge in [0.25, 0.3) is 0 Å². The molecule has 1 N–H and O–H groups in total. The molecule has 0 heterocycles. The maximum atomic E-state index is 13.6. The van der Waals surface area contributed by atoms with E-state index in [0.717, 1.165) is 16.0 Å². The van der Waals surface area contributed by atoms with Crippen LogP contribution in [-0.4, -0.2) is 34.6 Å². The Labute approximate surface area is 211 Å². The van der Waals surface area contributed by atoms with Gasteiger partial charge in [0.1, 0.15) is 6.04 Å². The van der Waals surface area contributed by atoms with Crippen molar-refractivity contribution in [3.63, 3.8) is 0 Å². The predicted octanol–water partition coefficient (Wildman–Crippen LogP) is 5.91. The highest BCUT2D eigenvalue weighted by atomic mass is 35.5. The highest BCUT2D eigenvalue weighted by molar-refractivity contribution is 8.00. The third-order valence-corrected chi connectivity index (χ3v) is 6.56. The second-order valence-electron chi connectivity index (χ2n) is 8.62. The average Bonchev–Trinajstić information content (AvgIpc) is 2.81. The molecule has 6 heteroatoms. The number of hydrogen-bond acceptors (Lipinski definition) is 3. The van der Waals surface area contributed by atoms with Crippen LogP contribution in [0.3, 0.4) is 0 Å². The molecule has 34 heavy (non-hydrogen) atoms. The first kappa shape index (κ1) is 25.9. The summed E-state index contributed by atoms with van der Waals surface area (Å²) in [6.45, 7) is 6.19. The Morgan fingerprint density at radius 1 is 0.941 bits per heavy atom. The summed E-state index contributed by atoms with van der Waals surface area (Å²) in [6.07, 6.45) is 0.431. The molecule has 0 aliphatic heterocycles. The van der Waals surface area contributed by atoms with Crippen LogP contribution < -0.4 is 5.32 Å². The lowest BCUT2D eigenvalue weighted by Crippen LogP contribution is -2.52. The lowest BCUT2D eigenvalue weighted by molar-refractivity contribution is -0.139. The van der Waals surface area contributed by atoms with E-state index in [1.54, 1.807) is 11.0 Å². The van der Waals surface area contributed by atoms with E-state index in [0.29, 0.717) is 18.0 Å². The summed E-state index contributed by atoms with van der Waals surface area (Å²) in [4.78, 5) is 29.6. The van der Waals surface area contributed by atoms with Crippen molar-refractivity contribution in [3.8, 4) is 0 Å². The van der Waals surface area contributed by atoms with Gasteiger partial charge in [-0.1, -0.05) is 71.8 Å². The van der Waals surface area contributed by atoms with Gasteiger partial charge in [0.2, 0.25) is 11.8 Å². The number of hydrogen-bond donors (Lipinski definition) is 1. The average molecular weight is 495 g/mol. The first-order chi connectivity index (χ1) is 16.3. The summed E-state index contributed by atoms with van der Waals surface area (Å²) in [6, 6.07) is 24.7. The quantitative estimate of drug-likeness (QED) is 0.357.